The quantitative estimate of drug-likeness (QED) is 0.683. The first kappa shape index (κ1) is 15.5. The van der Waals surface area contributed by atoms with Crippen LogP contribution in [0, 0.1) is 5.92 Å². The summed E-state index contributed by atoms with van der Waals surface area (Å²) in [5.41, 5.74) is -1.32. The molecule has 0 radical (unpaired) electrons. The highest BCUT2D eigenvalue weighted by atomic mass is 32.2. The zero-order valence-corrected chi connectivity index (χ0v) is 12.5. The van der Waals surface area contributed by atoms with Crippen molar-refractivity contribution in [2.45, 2.75) is 30.2 Å². The van der Waals surface area contributed by atoms with Gasteiger partial charge in [-0.3, -0.25) is 4.79 Å². The number of nitrogens with one attached hydrogen (secondary N) is 1. The number of primary sulfonamides is 1. The number of carboxylic acids is 1. The number of carboxylic acid groups (broad SMARTS) is 1. The molecule has 1 aliphatic rings. The van der Waals surface area contributed by atoms with E-state index < -0.39 is 27.4 Å². The molecule has 1 aromatic heterocycles. The summed E-state index contributed by atoms with van der Waals surface area (Å²) >= 11 is 0. The molecule has 0 aliphatic heterocycles. The maximum absolute atomic E-state index is 12.2. The Morgan fingerprint density at radius 3 is 2.43 bits per heavy atom. The predicted octanol–water partition coefficient (Wildman–Crippen LogP) is -0.344. The molecular weight excluding hydrogens is 298 g/mol. The largest absolute Gasteiger partial charge is 0.480 e. The lowest BCUT2D eigenvalue weighted by atomic mass is 9.96. The molecule has 1 fully saturated rings. The van der Waals surface area contributed by atoms with E-state index in [1.807, 2.05) is 0 Å². The van der Waals surface area contributed by atoms with E-state index >= 15 is 0 Å². The van der Waals surface area contributed by atoms with Gasteiger partial charge < -0.3 is 15.0 Å². The van der Waals surface area contributed by atoms with E-state index in [2.05, 4.69) is 5.32 Å². The number of aliphatic carboxylic acids is 1. The highest BCUT2D eigenvalue weighted by Gasteiger charge is 2.48. The molecule has 2 rings (SSSR count). The molecule has 8 nitrogen and oxygen atoms in total. The number of nitrogens with two attached hydrogens (primary N) is 1. The molecule has 1 atom stereocenters. The van der Waals surface area contributed by atoms with E-state index in [1.165, 1.54) is 24.7 Å². The summed E-state index contributed by atoms with van der Waals surface area (Å²) in [5.74, 6) is -1.87. The first-order valence-corrected chi connectivity index (χ1v) is 7.85. The van der Waals surface area contributed by atoms with Crippen molar-refractivity contribution in [1.29, 1.82) is 0 Å². The van der Waals surface area contributed by atoms with Crippen molar-refractivity contribution in [3.8, 4) is 0 Å². The van der Waals surface area contributed by atoms with E-state index in [0.717, 1.165) is 18.9 Å². The van der Waals surface area contributed by atoms with E-state index in [9.17, 15) is 23.1 Å². The molecule has 4 N–H and O–H groups in total. The number of sulfonamides is 1. The van der Waals surface area contributed by atoms with Crippen LogP contribution in [0.3, 0.4) is 0 Å². The topological polar surface area (TPSA) is 131 Å². The molecular formula is C12H17N3O5S. The minimum Gasteiger partial charge on any atom is -0.480 e. The number of amides is 1. The normalized spacial score (nSPS) is 18.0. The van der Waals surface area contributed by atoms with Gasteiger partial charge in [0.1, 0.15) is 16.1 Å². The Bertz CT molecular complexity index is 704. The first-order chi connectivity index (χ1) is 9.55. The summed E-state index contributed by atoms with van der Waals surface area (Å²) < 4.78 is 23.8. The van der Waals surface area contributed by atoms with Gasteiger partial charge in [-0.2, -0.15) is 0 Å². The molecule has 1 unspecified atom stereocenters. The van der Waals surface area contributed by atoms with Crippen LogP contribution in [-0.2, 0) is 21.9 Å². The Labute approximate surface area is 122 Å². The predicted molar refractivity (Wildman–Crippen MR) is 73.0 cm³/mol. The minimum absolute atomic E-state index is 0.0344. The van der Waals surface area contributed by atoms with Gasteiger partial charge in [-0.05, 0) is 31.7 Å². The lowest BCUT2D eigenvalue weighted by molar-refractivity contribution is -0.144. The van der Waals surface area contributed by atoms with E-state index in [1.54, 1.807) is 0 Å². The second-order valence-electron chi connectivity index (χ2n) is 5.45. The summed E-state index contributed by atoms with van der Waals surface area (Å²) in [7, 11) is -2.43. The highest BCUT2D eigenvalue weighted by molar-refractivity contribution is 7.89. The summed E-state index contributed by atoms with van der Waals surface area (Å²) in [6, 6.07) is 1.12. The third kappa shape index (κ3) is 2.93. The zero-order valence-electron chi connectivity index (χ0n) is 11.7. The number of hydrogen-bond acceptors (Lipinski definition) is 4. The fourth-order valence-electron chi connectivity index (χ4n) is 2.21. The van der Waals surface area contributed by atoms with Crippen molar-refractivity contribution in [3.05, 3.63) is 18.0 Å². The number of carbonyl (C=O) groups excluding carboxylic acids is 1. The number of aromatic nitrogens is 1. The Balaban J connectivity index is 2.29. The number of rotatable bonds is 5. The SMILES string of the molecule is Cn1cc(S(N)(=O)=O)cc1C(=O)NC(C)(C(=O)O)C1CC1. The summed E-state index contributed by atoms with van der Waals surface area (Å²) in [6.45, 7) is 1.45. The Morgan fingerprint density at radius 1 is 1.48 bits per heavy atom. The average molecular weight is 315 g/mol. The van der Waals surface area contributed by atoms with Crippen LogP contribution in [0.25, 0.3) is 0 Å². The van der Waals surface area contributed by atoms with Crippen LogP contribution in [0.4, 0.5) is 0 Å². The molecule has 0 saturated heterocycles. The van der Waals surface area contributed by atoms with Crippen molar-refractivity contribution in [2.24, 2.45) is 18.1 Å². The smallest absolute Gasteiger partial charge is 0.329 e. The van der Waals surface area contributed by atoms with Gasteiger partial charge >= 0.3 is 5.97 Å². The number of carbonyl (C=O) groups is 2. The van der Waals surface area contributed by atoms with Crippen molar-refractivity contribution < 1.29 is 23.1 Å². The molecule has 1 amide bonds. The Kier molecular flexibility index (Phi) is 3.58. The highest BCUT2D eigenvalue weighted by Crippen LogP contribution is 2.39. The zero-order chi connectivity index (χ0) is 16.0. The molecule has 0 spiro atoms. The first-order valence-electron chi connectivity index (χ1n) is 6.31. The summed E-state index contributed by atoms with van der Waals surface area (Å²) in [6.07, 6.45) is 2.68. The maximum Gasteiger partial charge on any atom is 0.329 e. The van der Waals surface area contributed by atoms with Crippen molar-refractivity contribution in [3.63, 3.8) is 0 Å². The van der Waals surface area contributed by atoms with Gasteiger partial charge in [0.15, 0.2) is 0 Å². The number of aryl methyl sites for hydroxylation is 1. The summed E-state index contributed by atoms with van der Waals surface area (Å²) in [5, 5.41) is 16.8. The van der Waals surface area contributed by atoms with Crippen LogP contribution in [0.5, 0.6) is 0 Å². The van der Waals surface area contributed by atoms with E-state index in [0.29, 0.717) is 0 Å². The fraction of sp³-hybridized carbons (Fsp3) is 0.500. The molecule has 1 aromatic rings. The molecule has 116 valence electrons. The Morgan fingerprint density at radius 2 is 2.05 bits per heavy atom. The van der Waals surface area contributed by atoms with Gasteiger partial charge in [-0.15, -0.1) is 0 Å². The van der Waals surface area contributed by atoms with Gasteiger partial charge in [0.2, 0.25) is 10.0 Å². The van der Waals surface area contributed by atoms with Crippen LogP contribution in [0.15, 0.2) is 17.2 Å². The lowest BCUT2D eigenvalue weighted by Crippen LogP contribution is -2.54. The minimum atomic E-state index is -3.92. The van der Waals surface area contributed by atoms with Gasteiger partial charge in [-0.25, -0.2) is 18.4 Å². The molecule has 9 heteroatoms. The van der Waals surface area contributed by atoms with Crippen LogP contribution >= 0.6 is 0 Å². The van der Waals surface area contributed by atoms with Crippen LogP contribution in [0.1, 0.15) is 30.3 Å². The standard InChI is InChI=1S/C12H17N3O5S/c1-12(11(17)18,7-3-4-7)14-10(16)9-5-8(6-15(9)2)21(13,19)20/h5-7H,3-4H2,1-2H3,(H,14,16)(H,17,18)(H2,13,19,20). The Hall–Kier alpha value is -1.87. The number of hydrogen-bond donors (Lipinski definition) is 3. The van der Waals surface area contributed by atoms with Gasteiger partial charge in [0, 0.05) is 13.2 Å². The molecule has 1 saturated carbocycles. The second kappa shape index (κ2) is 4.85. The van der Waals surface area contributed by atoms with Crippen LogP contribution in [-0.4, -0.2) is 35.5 Å². The summed E-state index contributed by atoms with van der Waals surface area (Å²) in [4.78, 5) is 23.4. The maximum atomic E-state index is 12.2. The van der Waals surface area contributed by atoms with Gasteiger partial charge in [0.05, 0.1) is 0 Å². The van der Waals surface area contributed by atoms with Crippen LogP contribution < -0.4 is 10.5 Å². The van der Waals surface area contributed by atoms with Gasteiger partial charge in [-0.1, -0.05) is 0 Å². The second-order valence-corrected chi connectivity index (χ2v) is 7.01. The number of nitrogens with zero attached hydrogens (tertiary/aromatic N) is 1. The van der Waals surface area contributed by atoms with Crippen molar-refractivity contribution >= 4 is 21.9 Å². The van der Waals surface area contributed by atoms with Crippen molar-refractivity contribution in [1.82, 2.24) is 9.88 Å². The van der Waals surface area contributed by atoms with Gasteiger partial charge in [0.25, 0.3) is 5.91 Å². The monoisotopic (exact) mass is 315 g/mol. The fourth-order valence-corrected chi connectivity index (χ4v) is 2.79. The molecule has 21 heavy (non-hydrogen) atoms. The lowest BCUT2D eigenvalue weighted by Gasteiger charge is -2.26. The third-order valence-electron chi connectivity index (χ3n) is 3.75. The average Bonchev–Trinajstić information content (AvgIpc) is 3.11. The van der Waals surface area contributed by atoms with Crippen LogP contribution in [0.2, 0.25) is 0 Å². The molecule has 0 aromatic carbocycles. The molecule has 0 bridgehead atoms. The molecule has 1 aliphatic carbocycles. The van der Waals surface area contributed by atoms with E-state index in [4.69, 9.17) is 5.14 Å². The van der Waals surface area contributed by atoms with E-state index in [-0.39, 0.29) is 16.5 Å². The molecule has 1 heterocycles. The van der Waals surface area contributed by atoms with Crippen molar-refractivity contribution in [2.75, 3.05) is 0 Å². The third-order valence-corrected chi connectivity index (χ3v) is 4.63.